The second-order valence-electron chi connectivity index (χ2n) is 4.62. The first-order chi connectivity index (χ1) is 8.25. The number of hydrogen-bond donors (Lipinski definition) is 2. The van der Waals surface area contributed by atoms with E-state index in [1.54, 1.807) is 0 Å². The Labute approximate surface area is 100 Å². The molecular formula is C12H18N2O3. The van der Waals surface area contributed by atoms with Crippen LogP contribution in [0.5, 0.6) is 0 Å². The Kier molecular flexibility index (Phi) is 4.14. The van der Waals surface area contributed by atoms with Gasteiger partial charge in [-0.15, -0.1) is 0 Å². The van der Waals surface area contributed by atoms with Crippen LogP contribution in [0.3, 0.4) is 0 Å². The zero-order valence-corrected chi connectivity index (χ0v) is 9.82. The third-order valence-corrected chi connectivity index (χ3v) is 3.24. The molecule has 0 aliphatic heterocycles. The summed E-state index contributed by atoms with van der Waals surface area (Å²) >= 11 is 0. The maximum atomic E-state index is 10.6. The minimum Gasteiger partial charge on any atom is -0.476 e. The quantitative estimate of drug-likeness (QED) is 0.821. The van der Waals surface area contributed by atoms with Gasteiger partial charge in [0.05, 0.1) is 6.54 Å². The van der Waals surface area contributed by atoms with Gasteiger partial charge >= 0.3 is 5.97 Å². The largest absolute Gasteiger partial charge is 0.476 e. The fraction of sp³-hybridized carbons (Fsp3) is 0.667. The molecule has 5 heteroatoms. The van der Waals surface area contributed by atoms with Crippen molar-refractivity contribution >= 4 is 5.97 Å². The second kappa shape index (κ2) is 5.82. The number of nitrogens with zero attached hydrogens (tertiary/aromatic N) is 1. The number of nitrogens with one attached hydrogen (secondary N) is 1. The topological polar surface area (TPSA) is 75.4 Å². The number of carboxylic acid groups (broad SMARTS) is 1. The molecule has 1 aromatic heterocycles. The molecule has 0 radical (unpaired) electrons. The number of carboxylic acids is 1. The summed E-state index contributed by atoms with van der Waals surface area (Å²) in [6.07, 6.45) is 6.61. The molecule has 1 heterocycles. The molecular weight excluding hydrogens is 220 g/mol. The minimum absolute atomic E-state index is 0.0283. The van der Waals surface area contributed by atoms with Gasteiger partial charge in [0.15, 0.2) is 11.5 Å². The first-order valence-corrected chi connectivity index (χ1v) is 6.15. The minimum atomic E-state index is -1.05. The lowest BCUT2D eigenvalue weighted by atomic mass is 9.89. The molecule has 0 saturated heterocycles. The van der Waals surface area contributed by atoms with E-state index in [1.807, 2.05) is 0 Å². The Balaban J connectivity index is 1.71. The van der Waals surface area contributed by atoms with Gasteiger partial charge in [-0.25, -0.2) is 4.79 Å². The molecule has 0 spiro atoms. The third-order valence-electron chi connectivity index (χ3n) is 3.24. The molecule has 1 aliphatic rings. The van der Waals surface area contributed by atoms with Crippen LogP contribution in [-0.2, 0) is 6.54 Å². The number of aromatic nitrogens is 1. The monoisotopic (exact) mass is 238 g/mol. The Morgan fingerprint density at radius 2 is 2.24 bits per heavy atom. The standard InChI is InChI=1S/C12H18N2O3/c15-12(16)11-6-10(17-14-11)8-13-7-9-4-2-1-3-5-9/h6,9,13H,1-5,7-8H2,(H,15,16). The molecule has 0 bridgehead atoms. The van der Waals surface area contributed by atoms with Crippen molar-refractivity contribution in [2.75, 3.05) is 6.54 Å². The van der Waals surface area contributed by atoms with Gasteiger partial charge in [0.1, 0.15) is 0 Å². The predicted molar refractivity (Wildman–Crippen MR) is 61.7 cm³/mol. The van der Waals surface area contributed by atoms with Crippen LogP contribution in [0.4, 0.5) is 0 Å². The molecule has 17 heavy (non-hydrogen) atoms. The average Bonchev–Trinajstić information content (AvgIpc) is 2.79. The lowest BCUT2D eigenvalue weighted by molar-refractivity contribution is 0.0685. The molecule has 1 fully saturated rings. The van der Waals surface area contributed by atoms with Crippen LogP contribution in [0.15, 0.2) is 10.6 Å². The van der Waals surface area contributed by atoms with E-state index in [2.05, 4.69) is 10.5 Å². The Hall–Kier alpha value is -1.36. The van der Waals surface area contributed by atoms with Gasteiger partial charge < -0.3 is 14.9 Å². The molecule has 1 saturated carbocycles. The summed E-state index contributed by atoms with van der Waals surface area (Å²) < 4.78 is 4.92. The van der Waals surface area contributed by atoms with Crippen LogP contribution in [0.1, 0.15) is 48.4 Å². The first kappa shape index (κ1) is 12.1. The third kappa shape index (κ3) is 3.56. The van der Waals surface area contributed by atoms with Crippen molar-refractivity contribution in [3.05, 3.63) is 17.5 Å². The van der Waals surface area contributed by atoms with Crippen LogP contribution in [0.25, 0.3) is 0 Å². The summed E-state index contributed by atoms with van der Waals surface area (Å²) in [4.78, 5) is 10.6. The number of hydrogen-bond acceptors (Lipinski definition) is 4. The summed E-state index contributed by atoms with van der Waals surface area (Å²) in [5, 5.41) is 15.4. The molecule has 1 aliphatic carbocycles. The Morgan fingerprint density at radius 1 is 1.47 bits per heavy atom. The normalized spacial score (nSPS) is 17.2. The molecule has 1 aromatic rings. The van der Waals surface area contributed by atoms with Gasteiger partial charge in [-0.3, -0.25) is 0 Å². The lowest BCUT2D eigenvalue weighted by Gasteiger charge is -2.21. The molecule has 2 N–H and O–H groups in total. The van der Waals surface area contributed by atoms with Crippen molar-refractivity contribution in [2.24, 2.45) is 5.92 Å². The van der Waals surface area contributed by atoms with E-state index in [-0.39, 0.29) is 5.69 Å². The highest BCUT2D eigenvalue weighted by molar-refractivity contribution is 5.85. The number of carbonyl (C=O) groups is 1. The molecule has 0 amide bonds. The summed E-state index contributed by atoms with van der Waals surface area (Å²) in [6, 6.07) is 1.47. The zero-order valence-electron chi connectivity index (χ0n) is 9.82. The van der Waals surface area contributed by atoms with E-state index in [1.165, 1.54) is 38.2 Å². The van der Waals surface area contributed by atoms with Gasteiger partial charge in [0.25, 0.3) is 0 Å². The van der Waals surface area contributed by atoms with Gasteiger partial charge in [0, 0.05) is 6.07 Å². The zero-order chi connectivity index (χ0) is 12.1. The molecule has 5 nitrogen and oxygen atoms in total. The second-order valence-corrected chi connectivity index (χ2v) is 4.62. The maximum Gasteiger partial charge on any atom is 0.358 e. The Bertz CT molecular complexity index is 370. The highest BCUT2D eigenvalue weighted by Gasteiger charge is 2.14. The smallest absolute Gasteiger partial charge is 0.358 e. The van der Waals surface area contributed by atoms with E-state index in [0.717, 1.165) is 12.5 Å². The lowest BCUT2D eigenvalue weighted by Crippen LogP contribution is -2.23. The molecule has 0 atom stereocenters. The highest BCUT2D eigenvalue weighted by atomic mass is 16.5. The van der Waals surface area contributed by atoms with E-state index < -0.39 is 5.97 Å². The first-order valence-electron chi connectivity index (χ1n) is 6.15. The van der Waals surface area contributed by atoms with Gasteiger partial charge in [-0.05, 0) is 25.3 Å². The number of aromatic carboxylic acids is 1. The van der Waals surface area contributed by atoms with E-state index in [9.17, 15) is 4.79 Å². The van der Waals surface area contributed by atoms with Crippen molar-refractivity contribution < 1.29 is 14.4 Å². The molecule has 2 rings (SSSR count). The number of rotatable bonds is 5. The Morgan fingerprint density at radius 3 is 2.88 bits per heavy atom. The summed E-state index contributed by atoms with van der Waals surface area (Å²) in [7, 11) is 0. The van der Waals surface area contributed by atoms with Gasteiger partial charge in [0.2, 0.25) is 0 Å². The van der Waals surface area contributed by atoms with Crippen LogP contribution >= 0.6 is 0 Å². The van der Waals surface area contributed by atoms with Crippen LogP contribution < -0.4 is 5.32 Å². The molecule has 94 valence electrons. The van der Waals surface area contributed by atoms with E-state index >= 15 is 0 Å². The molecule has 0 unspecified atom stereocenters. The maximum absolute atomic E-state index is 10.6. The highest BCUT2D eigenvalue weighted by Crippen LogP contribution is 2.22. The fourth-order valence-corrected chi connectivity index (χ4v) is 2.29. The van der Waals surface area contributed by atoms with Crippen molar-refractivity contribution in [1.82, 2.24) is 10.5 Å². The van der Waals surface area contributed by atoms with Crippen molar-refractivity contribution in [3.63, 3.8) is 0 Å². The summed E-state index contributed by atoms with van der Waals surface area (Å²) in [5.41, 5.74) is -0.0283. The van der Waals surface area contributed by atoms with Crippen LogP contribution in [0, 0.1) is 5.92 Å². The molecule has 0 aromatic carbocycles. The van der Waals surface area contributed by atoms with E-state index in [0.29, 0.717) is 12.3 Å². The van der Waals surface area contributed by atoms with Crippen LogP contribution in [0.2, 0.25) is 0 Å². The SMILES string of the molecule is O=C(O)c1cc(CNCC2CCCCC2)on1. The van der Waals surface area contributed by atoms with Crippen molar-refractivity contribution in [2.45, 2.75) is 38.6 Å². The van der Waals surface area contributed by atoms with Crippen LogP contribution in [-0.4, -0.2) is 22.8 Å². The van der Waals surface area contributed by atoms with Crippen molar-refractivity contribution in [3.8, 4) is 0 Å². The fourth-order valence-electron chi connectivity index (χ4n) is 2.29. The van der Waals surface area contributed by atoms with E-state index in [4.69, 9.17) is 9.63 Å². The van der Waals surface area contributed by atoms with Gasteiger partial charge in [-0.2, -0.15) is 0 Å². The van der Waals surface area contributed by atoms with Gasteiger partial charge in [-0.1, -0.05) is 24.4 Å². The van der Waals surface area contributed by atoms with Crippen molar-refractivity contribution in [1.29, 1.82) is 0 Å². The predicted octanol–water partition coefficient (Wildman–Crippen LogP) is 2.04. The summed E-state index contributed by atoms with van der Waals surface area (Å²) in [5.74, 6) is 0.288. The summed E-state index contributed by atoms with van der Waals surface area (Å²) in [6.45, 7) is 1.53. The average molecular weight is 238 g/mol.